The van der Waals surface area contributed by atoms with Crippen molar-refractivity contribution >= 4 is 34.0 Å². The van der Waals surface area contributed by atoms with E-state index < -0.39 is 17.7 Å². The SMILES string of the molecule is CC1(C)CC(=O)C2=C(C1)N(c1nnc(SCc3cccc(C(F)(F)F)c3)s1)C(N)=C(C#N)C2c1cccnc1. The zero-order valence-electron chi connectivity index (χ0n) is 21.0. The monoisotopic (exact) mass is 568 g/mol. The van der Waals surface area contributed by atoms with Gasteiger partial charge < -0.3 is 5.73 Å². The van der Waals surface area contributed by atoms with Crippen LogP contribution in [0, 0.1) is 16.7 Å². The Hall–Kier alpha value is -3.69. The zero-order valence-corrected chi connectivity index (χ0v) is 22.6. The molecule has 2 N–H and O–H groups in total. The van der Waals surface area contributed by atoms with Gasteiger partial charge in [0, 0.05) is 35.8 Å². The Morgan fingerprint density at radius 3 is 2.72 bits per heavy atom. The van der Waals surface area contributed by atoms with Crippen LogP contribution in [0.25, 0.3) is 0 Å². The first-order chi connectivity index (χ1) is 18.5. The number of pyridine rings is 1. The summed E-state index contributed by atoms with van der Waals surface area (Å²) in [4.78, 5) is 19.4. The third-order valence-corrected chi connectivity index (χ3v) is 8.72. The number of Topliss-reactive ketones (excluding diaryl/α,β-unsaturated/α-hetero) is 1. The molecule has 7 nitrogen and oxygen atoms in total. The zero-order chi connectivity index (χ0) is 27.9. The van der Waals surface area contributed by atoms with Gasteiger partial charge in [-0.15, -0.1) is 10.2 Å². The Morgan fingerprint density at radius 1 is 1.23 bits per heavy atom. The van der Waals surface area contributed by atoms with Crippen LogP contribution in [0.5, 0.6) is 0 Å². The number of carbonyl (C=O) groups excluding carboxylic acids is 1. The van der Waals surface area contributed by atoms with Crippen molar-refractivity contribution < 1.29 is 18.0 Å². The minimum atomic E-state index is -4.42. The molecule has 0 bridgehead atoms. The third kappa shape index (κ3) is 5.29. The first-order valence-electron chi connectivity index (χ1n) is 12.0. The van der Waals surface area contributed by atoms with Crippen LogP contribution >= 0.6 is 23.1 Å². The molecule has 0 radical (unpaired) electrons. The third-order valence-electron chi connectivity index (χ3n) is 6.60. The fourth-order valence-corrected chi connectivity index (χ4v) is 6.76. The summed E-state index contributed by atoms with van der Waals surface area (Å²) in [6.07, 6.45) is -0.314. The summed E-state index contributed by atoms with van der Waals surface area (Å²) in [5.74, 6) is -0.276. The molecule has 39 heavy (non-hydrogen) atoms. The van der Waals surface area contributed by atoms with Crippen molar-refractivity contribution in [3.8, 4) is 6.07 Å². The number of rotatable bonds is 5. The molecule has 2 aliphatic rings. The number of thioether (sulfide) groups is 1. The molecule has 1 unspecified atom stereocenters. The maximum atomic E-state index is 13.5. The highest BCUT2D eigenvalue weighted by Crippen LogP contribution is 2.50. The lowest BCUT2D eigenvalue weighted by atomic mass is 9.69. The highest BCUT2D eigenvalue weighted by molar-refractivity contribution is 8.00. The standard InChI is InChI=1S/C27H23F3N6OS2/c1-26(2)10-19-22(20(37)11-26)21(16-6-4-8-33-13-16)18(12-31)23(32)36(19)24-34-35-25(39-24)38-14-15-5-3-7-17(9-15)27(28,29)30/h3-9,13,21H,10-11,14,32H2,1-2H3. The van der Waals surface area contributed by atoms with Gasteiger partial charge in [-0.05, 0) is 35.1 Å². The number of nitriles is 1. The lowest BCUT2D eigenvalue weighted by Crippen LogP contribution is -2.42. The van der Waals surface area contributed by atoms with E-state index >= 15 is 0 Å². The molecule has 3 heterocycles. The Morgan fingerprint density at radius 2 is 2.03 bits per heavy atom. The second kappa shape index (κ2) is 10.1. The fourth-order valence-electron chi connectivity index (χ4n) is 4.94. The number of hydrogen-bond donors (Lipinski definition) is 1. The minimum absolute atomic E-state index is 0.0657. The number of benzene rings is 1. The van der Waals surface area contributed by atoms with Crippen molar-refractivity contribution in [1.29, 1.82) is 5.26 Å². The van der Waals surface area contributed by atoms with E-state index in [1.165, 1.54) is 29.2 Å². The van der Waals surface area contributed by atoms with Gasteiger partial charge in [0.25, 0.3) is 0 Å². The number of hydrogen-bond acceptors (Lipinski definition) is 9. The van der Waals surface area contributed by atoms with Crippen molar-refractivity contribution in [2.75, 3.05) is 4.90 Å². The molecule has 5 rings (SSSR count). The van der Waals surface area contributed by atoms with Crippen LogP contribution in [0.15, 0.2) is 75.8 Å². The molecular formula is C27H23F3N6OS2. The Kier molecular flexibility index (Phi) is 6.99. The summed E-state index contributed by atoms with van der Waals surface area (Å²) in [7, 11) is 0. The molecule has 12 heteroatoms. The summed E-state index contributed by atoms with van der Waals surface area (Å²) in [6.45, 7) is 4.00. The first kappa shape index (κ1) is 26.9. The van der Waals surface area contributed by atoms with Crippen LogP contribution in [0.4, 0.5) is 18.3 Å². The van der Waals surface area contributed by atoms with E-state index in [4.69, 9.17) is 5.73 Å². The van der Waals surface area contributed by atoms with Gasteiger partial charge in [0.1, 0.15) is 5.82 Å². The number of aromatic nitrogens is 3. The van der Waals surface area contributed by atoms with Gasteiger partial charge in [-0.2, -0.15) is 18.4 Å². The van der Waals surface area contributed by atoms with Gasteiger partial charge in [0.2, 0.25) is 5.13 Å². The van der Waals surface area contributed by atoms with Gasteiger partial charge >= 0.3 is 6.18 Å². The van der Waals surface area contributed by atoms with Crippen LogP contribution in [-0.2, 0) is 16.7 Å². The van der Waals surface area contributed by atoms with Crippen molar-refractivity contribution in [2.24, 2.45) is 11.1 Å². The molecule has 0 fully saturated rings. The van der Waals surface area contributed by atoms with E-state index in [1.807, 2.05) is 19.9 Å². The molecule has 1 atom stereocenters. The van der Waals surface area contributed by atoms with E-state index in [0.717, 1.165) is 12.1 Å². The number of ketones is 1. The number of alkyl halides is 3. The average Bonchev–Trinajstić information content (AvgIpc) is 3.34. The number of allylic oxidation sites excluding steroid dienone is 3. The Bertz CT molecular complexity index is 1540. The Labute approximate surface area is 231 Å². The fraction of sp³-hybridized carbons (Fsp3) is 0.296. The average molecular weight is 569 g/mol. The normalized spacial score (nSPS) is 19.2. The minimum Gasteiger partial charge on any atom is -0.384 e. The second-order valence-corrected chi connectivity index (χ2v) is 12.3. The van der Waals surface area contributed by atoms with Crippen molar-refractivity contribution in [2.45, 2.75) is 48.9 Å². The number of carbonyl (C=O) groups is 1. The first-order valence-corrected chi connectivity index (χ1v) is 13.8. The molecule has 1 aromatic carbocycles. The van der Waals surface area contributed by atoms with Crippen LogP contribution in [0.2, 0.25) is 0 Å². The van der Waals surface area contributed by atoms with Gasteiger partial charge in [0.05, 0.1) is 23.1 Å². The van der Waals surface area contributed by atoms with Gasteiger partial charge in [-0.3, -0.25) is 14.7 Å². The summed E-state index contributed by atoms with van der Waals surface area (Å²) < 4.78 is 39.8. The van der Waals surface area contributed by atoms with E-state index in [0.29, 0.717) is 44.7 Å². The Balaban J connectivity index is 1.51. The van der Waals surface area contributed by atoms with Gasteiger partial charge in [0.15, 0.2) is 10.1 Å². The molecule has 1 aliphatic heterocycles. The molecule has 2 aromatic heterocycles. The summed E-state index contributed by atoms with van der Waals surface area (Å²) >= 11 is 2.45. The molecule has 3 aromatic rings. The van der Waals surface area contributed by atoms with Gasteiger partial charge in [-0.1, -0.05) is 61.2 Å². The predicted octanol–water partition coefficient (Wildman–Crippen LogP) is 6.19. The van der Waals surface area contributed by atoms with E-state index in [9.17, 15) is 23.2 Å². The van der Waals surface area contributed by atoms with Crippen molar-refractivity contribution in [3.63, 3.8) is 0 Å². The highest BCUT2D eigenvalue weighted by atomic mass is 32.2. The molecule has 0 amide bonds. The highest BCUT2D eigenvalue weighted by Gasteiger charge is 2.45. The van der Waals surface area contributed by atoms with Crippen LogP contribution in [0.3, 0.4) is 0 Å². The molecule has 0 saturated carbocycles. The topological polar surface area (TPSA) is 109 Å². The van der Waals surface area contributed by atoms with E-state index in [-0.39, 0.29) is 28.3 Å². The quantitative estimate of drug-likeness (QED) is 0.363. The maximum Gasteiger partial charge on any atom is 0.416 e. The molecular weight excluding hydrogens is 545 g/mol. The molecule has 0 saturated heterocycles. The lowest BCUT2D eigenvalue weighted by Gasteiger charge is -2.42. The molecule has 0 spiro atoms. The smallest absolute Gasteiger partial charge is 0.384 e. The molecule has 1 aliphatic carbocycles. The number of anilines is 1. The van der Waals surface area contributed by atoms with Crippen LogP contribution < -0.4 is 10.6 Å². The number of halogens is 3. The molecule has 200 valence electrons. The summed E-state index contributed by atoms with van der Waals surface area (Å²) in [6, 6.07) is 10.9. The predicted molar refractivity (Wildman–Crippen MR) is 142 cm³/mol. The summed E-state index contributed by atoms with van der Waals surface area (Å²) in [5, 5.41) is 19.1. The van der Waals surface area contributed by atoms with Crippen LogP contribution in [-0.4, -0.2) is 21.0 Å². The van der Waals surface area contributed by atoms with E-state index in [2.05, 4.69) is 21.3 Å². The van der Waals surface area contributed by atoms with E-state index in [1.54, 1.807) is 29.4 Å². The van der Waals surface area contributed by atoms with Crippen molar-refractivity contribution in [3.05, 3.63) is 88.1 Å². The number of nitrogens with zero attached hydrogens (tertiary/aromatic N) is 5. The number of nitrogens with two attached hydrogens (primary N) is 1. The second-order valence-electron chi connectivity index (χ2n) is 10.1. The van der Waals surface area contributed by atoms with Crippen molar-refractivity contribution in [1.82, 2.24) is 15.2 Å². The lowest BCUT2D eigenvalue weighted by molar-refractivity contribution is -0.137. The largest absolute Gasteiger partial charge is 0.416 e. The maximum absolute atomic E-state index is 13.5. The summed E-state index contributed by atoms with van der Waals surface area (Å²) in [5.41, 5.74) is 8.16. The van der Waals surface area contributed by atoms with Gasteiger partial charge in [-0.25, -0.2) is 0 Å². The van der Waals surface area contributed by atoms with Crippen LogP contribution in [0.1, 0.15) is 49.3 Å².